The van der Waals surface area contributed by atoms with Crippen LogP contribution >= 0.6 is 0 Å². The van der Waals surface area contributed by atoms with Crippen molar-refractivity contribution in [3.8, 4) is 5.75 Å². The SMILES string of the molecule is COc1ccc([C@H](C)N(Cc2ccccc2)[C@H](CC(=O)OC(C)(C)C)c2cccc(F)c2)cc1. The molecule has 3 aromatic rings. The maximum absolute atomic E-state index is 14.3. The summed E-state index contributed by atoms with van der Waals surface area (Å²) in [5.41, 5.74) is 2.31. The summed E-state index contributed by atoms with van der Waals surface area (Å²) in [7, 11) is 1.64. The molecule has 0 fully saturated rings. The van der Waals surface area contributed by atoms with E-state index >= 15 is 0 Å². The molecule has 0 heterocycles. The Kier molecular flexibility index (Phi) is 8.46. The van der Waals surface area contributed by atoms with E-state index in [1.165, 1.54) is 12.1 Å². The summed E-state index contributed by atoms with van der Waals surface area (Å²) in [4.78, 5) is 15.2. The minimum absolute atomic E-state index is 0.0678. The molecular formula is C29H34FNO3. The standard InChI is InChI=1S/C29H34FNO3/c1-21(23-14-16-26(33-5)17-15-23)31(20-22-10-7-6-8-11-22)27(19-28(32)34-29(2,3)4)24-12-9-13-25(30)18-24/h6-18,21,27H,19-20H2,1-5H3/t21-,27+/m0/s1. The van der Waals surface area contributed by atoms with E-state index in [9.17, 15) is 9.18 Å². The van der Waals surface area contributed by atoms with Crippen LogP contribution in [0.25, 0.3) is 0 Å². The van der Waals surface area contributed by atoms with Crippen molar-refractivity contribution < 1.29 is 18.7 Å². The first-order valence-corrected chi connectivity index (χ1v) is 11.6. The molecule has 0 N–H and O–H groups in total. The molecule has 0 aliphatic rings. The number of rotatable bonds is 9. The van der Waals surface area contributed by atoms with Crippen molar-refractivity contribution in [3.05, 3.63) is 101 Å². The van der Waals surface area contributed by atoms with Crippen LogP contribution in [0.4, 0.5) is 4.39 Å². The van der Waals surface area contributed by atoms with Crippen LogP contribution in [-0.2, 0) is 16.1 Å². The number of carbonyl (C=O) groups excluding carboxylic acids is 1. The van der Waals surface area contributed by atoms with Gasteiger partial charge in [-0.2, -0.15) is 0 Å². The lowest BCUT2D eigenvalue weighted by molar-refractivity contribution is -0.156. The van der Waals surface area contributed by atoms with Crippen molar-refractivity contribution in [2.75, 3.05) is 7.11 Å². The number of carbonyl (C=O) groups is 1. The van der Waals surface area contributed by atoms with Crippen LogP contribution in [0.2, 0.25) is 0 Å². The normalized spacial score (nSPS) is 13.4. The molecule has 5 heteroatoms. The summed E-state index contributed by atoms with van der Waals surface area (Å²) >= 11 is 0. The molecule has 0 unspecified atom stereocenters. The lowest BCUT2D eigenvalue weighted by atomic mass is 9.96. The molecule has 0 aliphatic heterocycles. The van der Waals surface area contributed by atoms with Gasteiger partial charge in [0, 0.05) is 18.6 Å². The largest absolute Gasteiger partial charge is 0.497 e. The summed E-state index contributed by atoms with van der Waals surface area (Å²) in [5.74, 6) is 0.131. The second-order valence-corrected chi connectivity index (χ2v) is 9.47. The molecule has 0 spiro atoms. The van der Waals surface area contributed by atoms with Gasteiger partial charge in [-0.25, -0.2) is 4.39 Å². The number of methoxy groups -OCH3 is 1. The molecule has 0 saturated heterocycles. The first-order valence-electron chi connectivity index (χ1n) is 11.6. The highest BCUT2D eigenvalue weighted by atomic mass is 19.1. The van der Waals surface area contributed by atoms with Gasteiger partial charge in [-0.3, -0.25) is 9.69 Å². The third-order valence-corrected chi connectivity index (χ3v) is 5.72. The van der Waals surface area contributed by atoms with Crippen LogP contribution in [0.5, 0.6) is 5.75 Å². The summed E-state index contributed by atoms with van der Waals surface area (Å²) in [6.07, 6.45) is 0.105. The highest BCUT2D eigenvalue weighted by molar-refractivity contribution is 5.71. The maximum Gasteiger partial charge on any atom is 0.308 e. The second kappa shape index (κ2) is 11.3. The van der Waals surface area contributed by atoms with Crippen LogP contribution in [0.3, 0.4) is 0 Å². The van der Waals surface area contributed by atoms with Gasteiger partial charge in [0.2, 0.25) is 0 Å². The lowest BCUT2D eigenvalue weighted by Crippen LogP contribution is -2.34. The Morgan fingerprint density at radius 1 is 0.941 bits per heavy atom. The molecule has 180 valence electrons. The van der Waals surface area contributed by atoms with Gasteiger partial charge in [-0.1, -0.05) is 54.6 Å². The van der Waals surface area contributed by atoms with Gasteiger partial charge in [0.05, 0.1) is 13.5 Å². The molecule has 0 saturated carbocycles. The van der Waals surface area contributed by atoms with Gasteiger partial charge in [-0.05, 0) is 68.7 Å². The number of nitrogens with zero attached hydrogens (tertiary/aromatic N) is 1. The highest BCUT2D eigenvalue weighted by Gasteiger charge is 2.30. The van der Waals surface area contributed by atoms with Crippen LogP contribution in [0.15, 0.2) is 78.9 Å². The zero-order chi connectivity index (χ0) is 24.7. The Morgan fingerprint density at radius 3 is 2.21 bits per heavy atom. The Labute approximate surface area is 202 Å². The van der Waals surface area contributed by atoms with E-state index in [2.05, 4.69) is 24.0 Å². The Balaban J connectivity index is 2.04. The maximum atomic E-state index is 14.3. The highest BCUT2D eigenvalue weighted by Crippen LogP contribution is 2.36. The van der Waals surface area contributed by atoms with Crippen LogP contribution in [0, 0.1) is 5.82 Å². The van der Waals surface area contributed by atoms with E-state index in [0.717, 1.165) is 22.4 Å². The summed E-state index contributed by atoms with van der Waals surface area (Å²) in [6.45, 7) is 8.24. The van der Waals surface area contributed by atoms with E-state index in [0.29, 0.717) is 6.54 Å². The van der Waals surface area contributed by atoms with Gasteiger partial charge < -0.3 is 9.47 Å². The number of benzene rings is 3. The lowest BCUT2D eigenvalue weighted by Gasteiger charge is -2.37. The average molecular weight is 464 g/mol. The summed E-state index contributed by atoms with van der Waals surface area (Å²) in [5, 5.41) is 0. The predicted molar refractivity (Wildman–Crippen MR) is 133 cm³/mol. The number of halogens is 1. The minimum atomic E-state index is -0.602. The zero-order valence-corrected chi connectivity index (χ0v) is 20.6. The zero-order valence-electron chi connectivity index (χ0n) is 20.6. The molecule has 0 aromatic heterocycles. The third-order valence-electron chi connectivity index (χ3n) is 5.72. The fraction of sp³-hybridized carbons (Fsp3) is 0.345. The molecule has 4 nitrogen and oxygen atoms in total. The van der Waals surface area contributed by atoms with Crippen molar-refractivity contribution in [2.45, 2.75) is 58.3 Å². The molecule has 0 amide bonds. The molecule has 0 aliphatic carbocycles. The van der Waals surface area contributed by atoms with Gasteiger partial charge >= 0.3 is 5.97 Å². The number of ether oxygens (including phenoxy) is 2. The topological polar surface area (TPSA) is 38.8 Å². The number of esters is 1. The van der Waals surface area contributed by atoms with Crippen molar-refractivity contribution in [2.24, 2.45) is 0 Å². The Bertz CT molecular complexity index is 1060. The van der Waals surface area contributed by atoms with Gasteiger partial charge in [0.1, 0.15) is 17.2 Å². The monoisotopic (exact) mass is 463 g/mol. The second-order valence-electron chi connectivity index (χ2n) is 9.47. The Morgan fingerprint density at radius 2 is 1.62 bits per heavy atom. The van der Waals surface area contributed by atoms with Crippen molar-refractivity contribution >= 4 is 5.97 Å². The minimum Gasteiger partial charge on any atom is -0.497 e. The predicted octanol–water partition coefficient (Wildman–Crippen LogP) is 6.87. The Hall–Kier alpha value is -3.18. The number of hydrogen-bond acceptors (Lipinski definition) is 4. The smallest absolute Gasteiger partial charge is 0.308 e. The van der Waals surface area contributed by atoms with E-state index in [1.807, 2.05) is 69.3 Å². The van der Waals surface area contributed by atoms with Gasteiger partial charge in [-0.15, -0.1) is 0 Å². The first-order chi connectivity index (χ1) is 16.2. The molecular weight excluding hydrogens is 429 g/mol. The average Bonchev–Trinajstić information content (AvgIpc) is 2.80. The van der Waals surface area contributed by atoms with Crippen molar-refractivity contribution in [1.29, 1.82) is 0 Å². The molecule has 0 bridgehead atoms. The van der Waals surface area contributed by atoms with Crippen molar-refractivity contribution in [1.82, 2.24) is 4.90 Å². The van der Waals surface area contributed by atoms with E-state index in [4.69, 9.17) is 9.47 Å². The van der Waals surface area contributed by atoms with E-state index in [-0.39, 0.29) is 30.3 Å². The summed E-state index contributed by atoms with van der Waals surface area (Å²) in [6, 6.07) is 24.0. The molecule has 3 aromatic carbocycles. The van der Waals surface area contributed by atoms with E-state index in [1.54, 1.807) is 13.2 Å². The van der Waals surface area contributed by atoms with Crippen molar-refractivity contribution in [3.63, 3.8) is 0 Å². The third kappa shape index (κ3) is 7.16. The molecule has 0 radical (unpaired) electrons. The molecule has 34 heavy (non-hydrogen) atoms. The fourth-order valence-electron chi connectivity index (χ4n) is 4.07. The van der Waals surface area contributed by atoms with Crippen LogP contribution < -0.4 is 4.74 Å². The fourth-order valence-corrected chi connectivity index (χ4v) is 4.07. The molecule has 2 atom stereocenters. The van der Waals surface area contributed by atoms with Gasteiger partial charge in [0.25, 0.3) is 0 Å². The quantitative estimate of drug-likeness (QED) is 0.325. The van der Waals surface area contributed by atoms with Crippen LogP contribution in [-0.4, -0.2) is 23.6 Å². The van der Waals surface area contributed by atoms with Crippen LogP contribution in [0.1, 0.15) is 62.9 Å². The number of hydrogen-bond donors (Lipinski definition) is 0. The van der Waals surface area contributed by atoms with E-state index < -0.39 is 5.60 Å². The van der Waals surface area contributed by atoms with Gasteiger partial charge in [0.15, 0.2) is 0 Å². The summed E-state index contributed by atoms with van der Waals surface area (Å²) < 4.78 is 25.3. The first kappa shape index (κ1) is 25.4. The molecule has 3 rings (SSSR count).